The smallest absolute Gasteiger partial charge is 0.238 e. The first-order valence-corrected chi connectivity index (χ1v) is 13.1. The summed E-state index contributed by atoms with van der Waals surface area (Å²) in [5, 5.41) is 7.09. The van der Waals surface area contributed by atoms with E-state index in [0.717, 1.165) is 27.5 Å². The number of hydrogen-bond donors (Lipinski definition) is 0. The molecule has 0 atom stereocenters. The molecule has 0 fully saturated rings. The van der Waals surface area contributed by atoms with Crippen molar-refractivity contribution >= 4 is 43.4 Å². The second kappa shape index (κ2) is 8.61. The molecule has 0 saturated carbocycles. The average Bonchev–Trinajstić information content (AvgIpc) is 3.34. The second-order valence-corrected chi connectivity index (χ2v) is 9.75. The molecule has 0 spiro atoms. The summed E-state index contributed by atoms with van der Waals surface area (Å²) in [4.78, 5) is 15.1. The van der Waals surface area contributed by atoms with E-state index in [1.807, 2.05) is 60.7 Å². The number of rotatable bonds is 3. The second-order valence-electron chi connectivity index (χ2n) is 9.75. The van der Waals surface area contributed by atoms with Gasteiger partial charge in [-0.05, 0) is 28.3 Å². The van der Waals surface area contributed by atoms with Gasteiger partial charge in [-0.15, -0.1) is 0 Å². The van der Waals surface area contributed by atoms with Crippen molar-refractivity contribution in [3.63, 3.8) is 0 Å². The Kier molecular flexibility index (Phi) is 4.79. The van der Waals surface area contributed by atoms with Crippen LogP contribution < -0.4 is 0 Å². The lowest BCUT2D eigenvalue weighted by molar-refractivity contribution is 0.955. The van der Waals surface area contributed by atoms with E-state index in [1.165, 1.54) is 26.9 Å². The van der Waals surface area contributed by atoms with Crippen molar-refractivity contribution in [1.29, 1.82) is 0 Å². The van der Waals surface area contributed by atoms with Crippen LogP contribution in [0.2, 0.25) is 0 Å². The van der Waals surface area contributed by atoms with Crippen molar-refractivity contribution in [3.05, 3.63) is 133 Å². The Hall–Kier alpha value is -5.35. The van der Waals surface area contributed by atoms with Crippen LogP contribution in [0.25, 0.3) is 72.1 Å². The van der Waals surface area contributed by atoms with Crippen LogP contribution in [0.15, 0.2) is 133 Å². The fraction of sp³-hybridized carbons (Fsp3) is 0. The third-order valence-electron chi connectivity index (χ3n) is 7.41. The quantitative estimate of drug-likeness (QED) is 0.245. The maximum absolute atomic E-state index is 5.10. The van der Waals surface area contributed by atoms with Crippen molar-refractivity contribution in [2.75, 3.05) is 0 Å². The zero-order valence-electron chi connectivity index (χ0n) is 21.0. The minimum absolute atomic E-state index is 0.606. The maximum atomic E-state index is 5.10. The van der Waals surface area contributed by atoms with Gasteiger partial charge in [-0.1, -0.05) is 121 Å². The third kappa shape index (κ3) is 3.50. The van der Waals surface area contributed by atoms with E-state index < -0.39 is 0 Å². The minimum atomic E-state index is 0.606. The molecule has 0 N–H and O–H groups in total. The van der Waals surface area contributed by atoms with Gasteiger partial charge >= 0.3 is 0 Å². The molecule has 0 amide bonds. The largest absolute Gasteiger partial charge is 0.277 e. The lowest BCUT2D eigenvalue weighted by Crippen LogP contribution is -2.06. The van der Waals surface area contributed by atoms with E-state index in [1.54, 1.807) is 0 Å². The van der Waals surface area contributed by atoms with Gasteiger partial charge in [0, 0.05) is 27.3 Å². The molecule has 182 valence electrons. The molecule has 0 aliphatic rings. The van der Waals surface area contributed by atoms with Gasteiger partial charge in [0.1, 0.15) is 0 Å². The standard InChI is InChI=1S/C35H22N4/c1-3-12-24(13-4-1)33-36-34(25-14-5-2-6-15-25)38-35(37-33)39-31-22-27-17-8-7-16-26(27)21-30(31)29-20-19-23-11-9-10-18-28(23)32(29)39/h1-22H. The fourth-order valence-corrected chi connectivity index (χ4v) is 5.57. The highest BCUT2D eigenvalue weighted by molar-refractivity contribution is 6.20. The molecule has 2 heterocycles. The summed E-state index contributed by atoms with van der Waals surface area (Å²) < 4.78 is 2.22. The van der Waals surface area contributed by atoms with Crippen LogP contribution in [-0.2, 0) is 0 Å². The molecule has 8 rings (SSSR count). The van der Waals surface area contributed by atoms with Crippen LogP contribution in [-0.4, -0.2) is 19.5 Å². The predicted octanol–water partition coefficient (Wildman–Crippen LogP) is 8.61. The zero-order chi connectivity index (χ0) is 25.8. The Labute approximate surface area is 224 Å². The van der Waals surface area contributed by atoms with Gasteiger partial charge in [0.15, 0.2) is 11.6 Å². The maximum Gasteiger partial charge on any atom is 0.238 e. The molecule has 39 heavy (non-hydrogen) atoms. The molecule has 8 aromatic rings. The molecule has 0 bridgehead atoms. The van der Waals surface area contributed by atoms with Crippen molar-refractivity contribution in [2.24, 2.45) is 0 Å². The molecule has 4 nitrogen and oxygen atoms in total. The van der Waals surface area contributed by atoms with Crippen LogP contribution in [0.4, 0.5) is 0 Å². The first kappa shape index (κ1) is 21.7. The number of aromatic nitrogens is 4. The summed E-state index contributed by atoms with van der Waals surface area (Å²) in [6.07, 6.45) is 0. The lowest BCUT2D eigenvalue weighted by atomic mass is 10.0. The fourth-order valence-electron chi connectivity index (χ4n) is 5.57. The highest BCUT2D eigenvalue weighted by Gasteiger charge is 2.20. The Morgan fingerprint density at radius 1 is 0.410 bits per heavy atom. The monoisotopic (exact) mass is 498 g/mol. The minimum Gasteiger partial charge on any atom is -0.277 e. The Balaban J connectivity index is 1.54. The molecular formula is C35H22N4. The molecule has 0 radical (unpaired) electrons. The number of fused-ring (bicyclic) bond motifs is 6. The summed E-state index contributed by atoms with van der Waals surface area (Å²) in [5.74, 6) is 1.90. The average molecular weight is 499 g/mol. The number of benzene rings is 6. The summed E-state index contributed by atoms with van der Waals surface area (Å²) in [5.41, 5.74) is 4.08. The van der Waals surface area contributed by atoms with Crippen molar-refractivity contribution in [1.82, 2.24) is 19.5 Å². The van der Waals surface area contributed by atoms with E-state index in [9.17, 15) is 0 Å². The van der Waals surface area contributed by atoms with Gasteiger partial charge in [-0.3, -0.25) is 4.57 Å². The first-order chi connectivity index (χ1) is 19.3. The highest BCUT2D eigenvalue weighted by atomic mass is 15.2. The first-order valence-electron chi connectivity index (χ1n) is 13.1. The van der Waals surface area contributed by atoms with Gasteiger partial charge in [0.2, 0.25) is 5.95 Å². The van der Waals surface area contributed by atoms with E-state index in [0.29, 0.717) is 17.6 Å². The molecule has 0 unspecified atom stereocenters. The number of hydrogen-bond acceptors (Lipinski definition) is 3. The highest BCUT2D eigenvalue weighted by Crippen LogP contribution is 2.38. The predicted molar refractivity (Wildman–Crippen MR) is 160 cm³/mol. The van der Waals surface area contributed by atoms with Crippen LogP contribution in [0.1, 0.15) is 0 Å². The van der Waals surface area contributed by atoms with Gasteiger partial charge in [0.05, 0.1) is 11.0 Å². The SMILES string of the molecule is c1ccc(-c2nc(-c3ccccc3)nc(-n3c4cc5ccccc5cc4c4ccc5ccccc5c43)n2)cc1. The van der Waals surface area contributed by atoms with Gasteiger partial charge in [-0.2, -0.15) is 9.97 Å². The summed E-state index contributed by atoms with van der Waals surface area (Å²) >= 11 is 0. The zero-order valence-corrected chi connectivity index (χ0v) is 21.0. The van der Waals surface area contributed by atoms with Crippen LogP contribution in [0.3, 0.4) is 0 Å². The Morgan fingerprint density at radius 3 is 1.64 bits per heavy atom. The molecule has 4 heteroatoms. The Morgan fingerprint density at radius 2 is 0.974 bits per heavy atom. The van der Waals surface area contributed by atoms with E-state index in [2.05, 4.69) is 77.4 Å². The summed E-state index contributed by atoms with van der Waals surface area (Å²) in [6.45, 7) is 0. The lowest BCUT2D eigenvalue weighted by Gasteiger charge is -2.12. The van der Waals surface area contributed by atoms with E-state index in [4.69, 9.17) is 15.0 Å². The van der Waals surface area contributed by atoms with Gasteiger partial charge < -0.3 is 0 Å². The summed E-state index contributed by atoms with van der Waals surface area (Å²) in [7, 11) is 0. The van der Waals surface area contributed by atoms with Crippen LogP contribution in [0.5, 0.6) is 0 Å². The molecule has 2 aromatic heterocycles. The molecule has 0 saturated heterocycles. The number of nitrogens with zero attached hydrogens (tertiary/aromatic N) is 4. The van der Waals surface area contributed by atoms with Crippen LogP contribution in [0, 0.1) is 0 Å². The van der Waals surface area contributed by atoms with E-state index in [-0.39, 0.29) is 0 Å². The topological polar surface area (TPSA) is 43.6 Å². The van der Waals surface area contributed by atoms with Crippen molar-refractivity contribution in [2.45, 2.75) is 0 Å². The molecular weight excluding hydrogens is 476 g/mol. The molecule has 6 aromatic carbocycles. The van der Waals surface area contributed by atoms with Crippen molar-refractivity contribution < 1.29 is 0 Å². The van der Waals surface area contributed by atoms with Crippen molar-refractivity contribution in [3.8, 4) is 28.7 Å². The van der Waals surface area contributed by atoms with Gasteiger partial charge in [0.25, 0.3) is 0 Å². The summed E-state index contributed by atoms with van der Waals surface area (Å²) in [6, 6.07) is 46.3. The Bertz CT molecular complexity index is 2110. The molecule has 0 aliphatic heterocycles. The molecule has 0 aliphatic carbocycles. The van der Waals surface area contributed by atoms with E-state index >= 15 is 0 Å². The normalized spacial score (nSPS) is 11.6. The van der Waals surface area contributed by atoms with Gasteiger partial charge in [-0.25, -0.2) is 4.98 Å². The van der Waals surface area contributed by atoms with Crippen LogP contribution >= 0.6 is 0 Å². The third-order valence-corrected chi connectivity index (χ3v) is 7.41.